The largest absolute Gasteiger partial charge is 0.337 e. The summed E-state index contributed by atoms with van der Waals surface area (Å²) in [7, 11) is 0. The van der Waals surface area contributed by atoms with Crippen LogP contribution in [0.2, 0.25) is 5.02 Å². The maximum atomic E-state index is 12.9. The van der Waals surface area contributed by atoms with E-state index in [1.807, 2.05) is 36.0 Å². The van der Waals surface area contributed by atoms with Crippen molar-refractivity contribution >= 4 is 29.3 Å². The first kappa shape index (κ1) is 18.1. The highest BCUT2D eigenvalue weighted by atomic mass is 35.5. The minimum Gasteiger partial charge on any atom is -0.337 e. The van der Waals surface area contributed by atoms with Crippen molar-refractivity contribution in [2.75, 3.05) is 37.7 Å². The van der Waals surface area contributed by atoms with Gasteiger partial charge in [0.05, 0.1) is 12.5 Å². The van der Waals surface area contributed by atoms with E-state index in [0.29, 0.717) is 12.5 Å². The number of halogens is 1. The Morgan fingerprint density at radius 1 is 1.08 bits per heavy atom. The zero-order valence-electron chi connectivity index (χ0n) is 14.3. The maximum absolute atomic E-state index is 12.9. The van der Waals surface area contributed by atoms with Crippen LogP contribution in [-0.4, -0.2) is 59.4 Å². The van der Waals surface area contributed by atoms with Crippen molar-refractivity contribution in [3.63, 3.8) is 0 Å². The summed E-state index contributed by atoms with van der Waals surface area (Å²) in [6, 6.07) is 8.02. The molecule has 0 N–H and O–H groups in total. The van der Waals surface area contributed by atoms with Gasteiger partial charge < -0.3 is 9.80 Å². The van der Waals surface area contributed by atoms with Gasteiger partial charge in [0.15, 0.2) is 0 Å². The normalized spacial score (nSPS) is 23.0. The van der Waals surface area contributed by atoms with E-state index in [4.69, 9.17) is 11.6 Å². The molecule has 0 saturated carbocycles. The van der Waals surface area contributed by atoms with Crippen LogP contribution in [0.15, 0.2) is 24.3 Å². The van der Waals surface area contributed by atoms with Crippen molar-refractivity contribution in [3.8, 4) is 0 Å². The molecule has 3 rings (SSSR count). The molecule has 2 fully saturated rings. The molecule has 2 saturated heterocycles. The standard InChI is InChI=1S/C19H27ClN2OS/c20-17-7-5-16(6-8-17)13-19(23)22-11-4-12-24-15-18(22)14-21-9-2-1-3-10-21/h5-8,18H,1-4,9-15H2/t18-/m0/s1. The smallest absolute Gasteiger partial charge is 0.227 e. The summed E-state index contributed by atoms with van der Waals surface area (Å²) in [5, 5.41) is 0.723. The minimum atomic E-state index is 0.266. The van der Waals surface area contributed by atoms with Crippen molar-refractivity contribution in [2.24, 2.45) is 0 Å². The van der Waals surface area contributed by atoms with Gasteiger partial charge in [-0.25, -0.2) is 0 Å². The minimum absolute atomic E-state index is 0.266. The summed E-state index contributed by atoms with van der Waals surface area (Å²) in [6.07, 6.45) is 5.55. The van der Waals surface area contributed by atoms with E-state index < -0.39 is 0 Å². The number of nitrogens with zero attached hydrogens (tertiary/aromatic N) is 2. The average Bonchev–Trinajstić information content (AvgIpc) is 2.83. The molecule has 0 radical (unpaired) electrons. The number of benzene rings is 1. The van der Waals surface area contributed by atoms with Crippen molar-refractivity contribution in [1.82, 2.24) is 9.80 Å². The Morgan fingerprint density at radius 3 is 2.58 bits per heavy atom. The number of likely N-dealkylation sites (tertiary alicyclic amines) is 1. The van der Waals surface area contributed by atoms with Crippen molar-refractivity contribution in [1.29, 1.82) is 0 Å². The van der Waals surface area contributed by atoms with E-state index in [1.165, 1.54) is 38.1 Å². The molecule has 0 unspecified atom stereocenters. The van der Waals surface area contributed by atoms with Gasteiger partial charge in [0, 0.05) is 23.9 Å². The van der Waals surface area contributed by atoms with E-state index >= 15 is 0 Å². The van der Waals surface area contributed by atoms with Crippen LogP contribution in [-0.2, 0) is 11.2 Å². The van der Waals surface area contributed by atoms with E-state index in [9.17, 15) is 4.79 Å². The van der Waals surface area contributed by atoms with E-state index in [2.05, 4.69) is 9.80 Å². The first-order valence-corrected chi connectivity index (χ1v) is 10.6. The fourth-order valence-electron chi connectivity index (χ4n) is 3.63. The van der Waals surface area contributed by atoms with Gasteiger partial charge in [-0.1, -0.05) is 30.2 Å². The Morgan fingerprint density at radius 2 is 1.83 bits per heavy atom. The molecule has 3 nitrogen and oxygen atoms in total. The molecule has 1 aromatic carbocycles. The van der Waals surface area contributed by atoms with Gasteiger partial charge in [-0.2, -0.15) is 11.8 Å². The molecule has 24 heavy (non-hydrogen) atoms. The van der Waals surface area contributed by atoms with Gasteiger partial charge in [0.25, 0.3) is 0 Å². The molecular weight excluding hydrogens is 340 g/mol. The molecule has 5 heteroatoms. The number of hydrogen-bond acceptors (Lipinski definition) is 3. The second kappa shape index (κ2) is 9.12. The topological polar surface area (TPSA) is 23.6 Å². The molecule has 2 aliphatic heterocycles. The van der Waals surface area contributed by atoms with E-state index in [-0.39, 0.29) is 5.91 Å². The molecule has 1 amide bonds. The van der Waals surface area contributed by atoms with Gasteiger partial charge in [0.2, 0.25) is 5.91 Å². The number of rotatable bonds is 4. The molecule has 0 spiro atoms. The summed E-state index contributed by atoms with van der Waals surface area (Å²) < 4.78 is 0. The van der Waals surface area contributed by atoms with Crippen molar-refractivity contribution in [2.45, 2.75) is 38.1 Å². The lowest BCUT2D eigenvalue weighted by molar-refractivity contribution is -0.132. The second-order valence-electron chi connectivity index (χ2n) is 6.83. The predicted octanol–water partition coefficient (Wildman–Crippen LogP) is 3.70. The number of hydrogen-bond donors (Lipinski definition) is 0. The first-order valence-electron chi connectivity index (χ1n) is 9.06. The zero-order valence-corrected chi connectivity index (χ0v) is 15.8. The maximum Gasteiger partial charge on any atom is 0.227 e. The highest BCUT2D eigenvalue weighted by Crippen LogP contribution is 2.20. The van der Waals surface area contributed by atoms with Crippen LogP contribution in [0.5, 0.6) is 0 Å². The van der Waals surface area contributed by atoms with Gasteiger partial charge >= 0.3 is 0 Å². The van der Waals surface area contributed by atoms with Crippen LogP contribution < -0.4 is 0 Å². The summed E-state index contributed by atoms with van der Waals surface area (Å²) in [5.41, 5.74) is 1.05. The van der Waals surface area contributed by atoms with Crippen LogP contribution in [0.4, 0.5) is 0 Å². The molecule has 132 valence electrons. The summed E-state index contributed by atoms with van der Waals surface area (Å²) in [5.74, 6) is 2.51. The van der Waals surface area contributed by atoms with E-state index in [0.717, 1.165) is 35.8 Å². The van der Waals surface area contributed by atoms with E-state index in [1.54, 1.807) is 0 Å². The van der Waals surface area contributed by atoms with Gasteiger partial charge in [-0.3, -0.25) is 4.79 Å². The van der Waals surface area contributed by atoms with Crippen LogP contribution in [0.25, 0.3) is 0 Å². The number of piperidine rings is 1. The fraction of sp³-hybridized carbons (Fsp3) is 0.632. The molecule has 2 aliphatic rings. The third-order valence-electron chi connectivity index (χ3n) is 4.95. The Kier molecular flexibility index (Phi) is 6.87. The predicted molar refractivity (Wildman–Crippen MR) is 103 cm³/mol. The first-order chi connectivity index (χ1) is 11.7. The number of carbonyl (C=O) groups is 1. The Labute approximate surface area is 154 Å². The molecule has 0 aromatic heterocycles. The van der Waals surface area contributed by atoms with Crippen LogP contribution >= 0.6 is 23.4 Å². The summed E-state index contributed by atoms with van der Waals surface area (Å²) in [6.45, 7) is 4.33. The third-order valence-corrected chi connectivity index (χ3v) is 6.40. The molecule has 1 atom stereocenters. The second-order valence-corrected chi connectivity index (χ2v) is 8.42. The van der Waals surface area contributed by atoms with Gasteiger partial charge in [-0.05, 0) is 55.8 Å². The number of thioether (sulfide) groups is 1. The quantitative estimate of drug-likeness (QED) is 0.811. The Balaban J connectivity index is 1.64. The third kappa shape index (κ3) is 5.14. The number of amides is 1. The van der Waals surface area contributed by atoms with Crippen LogP contribution in [0.3, 0.4) is 0 Å². The highest BCUT2D eigenvalue weighted by Gasteiger charge is 2.27. The fourth-order valence-corrected chi connectivity index (χ4v) is 4.81. The zero-order chi connectivity index (χ0) is 16.8. The summed E-state index contributed by atoms with van der Waals surface area (Å²) in [4.78, 5) is 17.6. The molecule has 1 aromatic rings. The molecular formula is C19H27ClN2OS. The van der Waals surface area contributed by atoms with Gasteiger partial charge in [0.1, 0.15) is 0 Å². The monoisotopic (exact) mass is 366 g/mol. The van der Waals surface area contributed by atoms with Crippen LogP contribution in [0.1, 0.15) is 31.2 Å². The van der Waals surface area contributed by atoms with Crippen molar-refractivity contribution < 1.29 is 4.79 Å². The van der Waals surface area contributed by atoms with Crippen molar-refractivity contribution in [3.05, 3.63) is 34.9 Å². The van der Waals surface area contributed by atoms with Crippen LogP contribution in [0, 0.1) is 0 Å². The van der Waals surface area contributed by atoms with Gasteiger partial charge in [-0.15, -0.1) is 0 Å². The summed E-state index contributed by atoms with van der Waals surface area (Å²) >= 11 is 7.95. The lowest BCUT2D eigenvalue weighted by Gasteiger charge is -2.36. The Hall–Kier alpha value is -0.710. The lowest BCUT2D eigenvalue weighted by Crippen LogP contribution is -2.49. The highest BCUT2D eigenvalue weighted by molar-refractivity contribution is 7.99. The SMILES string of the molecule is O=C(Cc1ccc(Cl)cc1)N1CCCSC[C@@H]1CN1CCCCC1. The molecule has 0 bridgehead atoms. The lowest BCUT2D eigenvalue weighted by atomic mass is 10.1. The average molecular weight is 367 g/mol. The molecule has 2 heterocycles. The number of carbonyl (C=O) groups excluding carboxylic acids is 1. The molecule has 0 aliphatic carbocycles. The Bertz CT molecular complexity index is 531.